The van der Waals surface area contributed by atoms with Crippen LogP contribution < -0.4 is 0 Å². The Bertz CT molecular complexity index is 213. The maximum atomic E-state index is 5.65. The summed E-state index contributed by atoms with van der Waals surface area (Å²) in [6.45, 7) is 2.42. The third-order valence-corrected chi connectivity index (χ3v) is 4.13. The van der Waals surface area contributed by atoms with Crippen molar-refractivity contribution in [2.45, 2.75) is 44.6 Å². The van der Waals surface area contributed by atoms with Crippen LogP contribution in [0.4, 0.5) is 0 Å². The highest BCUT2D eigenvalue weighted by atomic mass is 35.5. The lowest BCUT2D eigenvalue weighted by Crippen LogP contribution is -2.46. The molecule has 0 radical (unpaired) electrons. The highest BCUT2D eigenvalue weighted by Gasteiger charge is 2.32. The number of nitrogens with zero attached hydrogens (tertiary/aromatic N) is 1. The van der Waals surface area contributed by atoms with Crippen LogP contribution in [0.15, 0.2) is 12.2 Å². The zero-order chi connectivity index (χ0) is 10.5. The summed E-state index contributed by atoms with van der Waals surface area (Å²) in [7, 11) is 0. The number of hydrogen-bond donors (Lipinski definition) is 0. The summed E-state index contributed by atoms with van der Waals surface area (Å²) >= 11 is 5.65. The van der Waals surface area contributed by atoms with Crippen LogP contribution in [0.3, 0.4) is 0 Å². The molecule has 1 aliphatic carbocycles. The maximum Gasteiger partial charge on any atom is 0.0404 e. The van der Waals surface area contributed by atoms with Crippen molar-refractivity contribution in [3.05, 3.63) is 12.2 Å². The van der Waals surface area contributed by atoms with Gasteiger partial charge >= 0.3 is 0 Å². The molecule has 0 aromatic rings. The Labute approximate surface area is 98.5 Å². The van der Waals surface area contributed by atoms with E-state index in [2.05, 4.69) is 17.1 Å². The van der Waals surface area contributed by atoms with E-state index < -0.39 is 0 Å². The molecule has 1 aliphatic heterocycles. The Balaban J connectivity index is 1.88. The summed E-state index contributed by atoms with van der Waals surface area (Å²) in [6, 6.07) is 0.882. The smallest absolute Gasteiger partial charge is 0.0404 e. The first-order valence-corrected chi connectivity index (χ1v) is 6.90. The standard InChI is InChI=1S/C13H22ClN/c14-9-3-4-10-15-11-5-7-12-6-1-2-8-13(12)15/h3-4,12-13H,1-2,5-11H2/b4-3+. The normalized spacial score (nSPS) is 33.1. The number of alkyl halides is 1. The first kappa shape index (κ1) is 11.5. The predicted octanol–water partition coefficient (Wildman–Crippen LogP) is 3.44. The molecule has 86 valence electrons. The van der Waals surface area contributed by atoms with Crippen LogP contribution in [-0.4, -0.2) is 29.9 Å². The fourth-order valence-corrected chi connectivity index (χ4v) is 3.35. The van der Waals surface area contributed by atoms with E-state index in [4.69, 9.17) is 11.6 Å². The molecule has 2 rings (SSSR count). The molecule has 0 bridgehead atoms. The Morgan fingerprint density at radius 1 is 1.07 bits per heavy atom. The second-order valence-electron chi connectivity index (χ2n) is 4.87. The Morgan fingerprint density at radius 3 is 2.73 bits per heavy atom. The van der Waals surface area contributed by atoms with Crippen LogP contribution in [0.25, 0.3) is 0 Å². The Morgan fingerprint density at radius 2 is 1.87 bits per heavy atom. The van der Waals surface area contributed by atoms with Crippen LogP contribution in [-0.2, 0) is 0 Å². The number of rotatable bonds is 3. The van der Waals surface area contributed by atoms with Gasteiger partial charge in [-0.15, -0.1) is 11.6 Å². The molecule has 0 amide bonds. The lowest BCUT2D eigenvalue weighted by molar-refractivity contribution is 0.0711. The average Bonchev–Trinajstić information content (AvgIpc) is 2.30. The monoisotopic (exact) mass is 227 g/mol. The molecule has 0 aromatic heterocycles. The topological polar surface area (TPSA) is 3.24 Å². The minimum absolute atomic E-state index is 0.655. The number of allylic oxidation sites excluding steroid dienone is 1. The molecule has 0 spiro atoms. The molecule has 1 nitrogen and oxygen atoms in total. The summed E-state index contributed by atoms with van der Waals surface area (Å²) in [5, 5.41) is 0. The van der Waals surface area contributed by atoms with Crippen molar-refractivity contribution in [1.29, 1.82) is 0 Å². The quantitative estimate of drug-likeness (QED) is 0.528. The highest BCUT2D eigenvalue weighted by Crippen LogP contribution is 2.34. The zero-order valence-corrected chi connectivity index (χ0v) is 10.3. The van der Waals surface area contributed by atoms with E-state index in [0.29, 0.717) is 5.88 Å². The third kappa shape index (κ3) is 2.98. The summed E-state index contributed by atoms with van der Waals surface area (Å²) in [5.74, 6) is 1.65. The molecule has 2 unspecified atom stereocenters. The number of likely N-dealkylation sites (tertiary alicyclic amines) is 1. The van der Waals surface area contributed by atoms with Crippen molar-refractivity contribution in [2.75, 3.05) is 19.0 Å². The lowest BCUT2D eigenvalue weighted by Gasteiger charge is -2.43. The van der Waals surface area contributed by atoms with E-state index >= 15 is 0 Å². The van der Waals surface area contributed by atoms with Crippen LogP contribution in [0.2, 0.25) is 0 Å². The third-order valence-electron chi connectivity index (χ3n) is 3.95. The number of hydrogen-bond acceptors (Lipinski definition) is 1. The van der Waals surface area contributed by atoms with Gasteiger partial charge in [0.25, 0.3) is 0 Å². The molecule has 1 saturated carbocycles. The van der Waals surface area contributed by atoms with Gasteiger partial charge in [-0.2, -0.15) is 0 Å². The van der Waals surface area contributed by atoms with E-state index in [1.54, 1.807) is 0 Å². The number of piperidine rings is 1. The minimum atomic E-state index is 0.655. The molecule has 1 heterocycles. The van der Waals surface area contributed by atoms with E-state index in [-0.39, 0.29) is 0 Å². The number of fused-ring (bicyclic) bond motifs is 1. The molecule has 0 N–H and O–H groups in total. The fraction of sp³-hybridized carbons (Fsp3) is 0.846. The van der Waals surface area contributed by atoms with Crippen molar-refractivity contribution in [1.82, 2.24) is 4.90 Å². The fourth-order valence-electron chi connectivity index (χ4n) is 3.23. The zero-order valence-electron chi connectivity index (χ0n) is 9.50. The van der Waals surface area contributed by atoms with Gasteiger partial charge in [0, 0.05) is 18.5 Å². The Hall–Kier alpha value is -0.0100. The van der Waals surface area contributed by atoms with E-state index in [0.717, 1.165) is 18.5 Å². The molecular weight excluding hydrogens is 206 g/mol. The summed E-state index contributed by atoms with van der Waals surface area (Å²) < 4.78 is 0. The van der Waals surface area contributed by atoms with Crippen LogP contribution in [0, 0.1) is 5.92 Å². The first-order chi connectivity index (χ1) is 7.42. The van der Waals surface area contributed by atoms with Gasteiger partial charge < -0.3 is 0 Å². The Kier molecular flexibility index (Phi) is 4.52. The van der Waals surface area contributed by atoms with Crippen molar-refractivity contribution < 1.29 is 0 Å². The van der Waals surface area contributed by atoms with E-state index in [1.165, 1.54) is 45.1 Å². The van der Waals surface area contributed by atoms with Gasteiger partial charge in [-0.25, -0.2) is 0 Å². The van der Waals surface area contributed by atoms with Crippen LogP contribution in [0.5, 0.6) is 0 Å². The average molecular weight is 228 g/mol. The van der Waals surface area contributed by atoms with Gasteiger partial charge in [-0.3, -0.25) is 4.90 Å². The van der Waals surface area contributed by atoms with Crippen LogP contribution in [0.1, 0.15) is 38.5 Å². The maximum absolute atomic E-state index is 5.65. The molecule has 15 heavy (non-hydrogen) atoms. The van der Waals surface area contributed by atoms with Gasteiger partial charge in [0.15, 0.2) is 0 Å². The van der Waals surface area contributed by atoms with Gasteiger partial charge in [0.05, 0.1) is 0 Å². The second kappa shape index (κ2) is 5.91. The largest absolute Gasteiger partial charge is 0.296 e. The van der Waals surface area contributed by atoms with Crippen molar-refractivity contribution >= 4 is 11.6 Å². The van der Waals surface area contributed by atoms with Crippen molar-refractivity contribution in [3.8, 4) is 0 Å². The van der Waals surface area contributed by atoms with Gasteiger partial charge in [-0.1, -0.05) is 25.0 Å². The minimum Gasteiger partial charge on any atom is -0.296 e. The van der Waals surface area contributed by atoms with Gasteiger partial charge in [0.1, 0.15) is 0 Å². The molecule has 0 aromatic carbocycles. The summed E-state index contributed by atoms with van der Waals surface area (Å²) in [6.07, 6.45) is 13.0. The van der Waals surface area contributed by atoms with Gasteiger partial charge in [0.2, 0.25) is 0 Å². The predicted molar refractivity (Wildman–Crippen MR) is 66.4 cm³/mol. The van der Waals surface area contributed by atoms with Crippen molar-refractivity contribution in [2.24, 2.45) is 5.92 Å². The summed E-state index contributed by atoms with van der Waals surface area (Å²) in [5.41, 5.74) is 0. The van der Waals surface area contributed by atoms with E-state index in [9.17, 15) is 0 Å². The molecule has 2 atom stereocenters. The molecule has 1 saturated heterocycles. The lowest BCUT2D eigenvalue weighted by atomic mass is 9.78. The SMILES string of the molecule is ClC/C=C/CN1CCCC2CCCCC21. The van der Waals surface area contributed by atoms with Crippen molar-refractivity contribution in [3.63, 3.8) is 0 Å². The molecule has 2 fully saturated rings. The second-order valence-corrected chi connectivity index (χ2v) is 5.18. The first-order valence-electron chi connectivity index (χ1n) is 6.37. The molecule has 2 heteroatoms. The number of halogens is 1. The molecular formula is C13H22ClN. The summed E-state index contributed by atoms with van der Waals surface area (Å²) in [4.78, 5) is 2.68. The van der Waals surface area contributed by atoms with Crippen LogP contribution >= 0.6 is 11.6 Å². The molecule has 2 aliphatic rings. The van der Waals surface area contributed by atoms with E-state index in [1.807, 2.05) is 0 Å². The van der Waals surface area contributed by atoms with Gasteiger partial charge in [-0.05, 0) is 38.1 Å². The highest BCUT2D eigenvalue weighted by molar-refractivity contribution is 6.18.